The first kappa shape index (κ1) is 13.5. The van der Waals surface area contributed by atoms with Crippen molar-refractivity contribution >= 4 is 0 Å². The summed E-state index contributed by atoms with van der Waals surface area (Å²) in [6.07, 6.45) is 7.05. The Morgan fingerprint density at radius 1 is 1.35 bits per heavy atom. The molecule has 1 N–H and O–H groups in total. The molecule has 0 aliphatic carbocycles. The number of rotatable bonds is 3. The first-order valence-electron chi connectivity index (χ1n) is 7.66. The zero-order valence-corrected chi connectivity index (χ0v) is 11.9. The summed E-state index contributed by atoms with van der Waals surface area (Å²) in [4.78, 5) is 6.53. The third-order valence-corrected chi connectivity index (χ3v) is 4.64. The van der Waals surface area contributed by atoms with E-state index in [4.69, 9.17) is 5.26 Å². The van der Waals surface area contributed by atoms with Gasteiger partial charge in [-0.05, 0) is 68.9 Å². The summed E-state index contributed by atoms with van der Waals surface area (Å²) >= 11 is 0. The second-order valence-electron chi connectivity index (χ2n) is 5.98. The minimum absolute atomic E-state index is 0.521. The fourth-order valence-electron chi connectivity index (χ4n) is 3.52. The van der Waals surface area contributed by atoms with Gasteiger partial charge in [-0.25, -0.2) is 4.98 Å². The number of nitrogens with zero attached hydrogens (tertiary/aromatic N) is 3. The van der Waals surface area contributed by atoms with Crippen LogP contribution < -0.4 is 5.32 Å². The van der Waals surface area contributed by atoms with Gasteiger partial charge in [-0.2, -0.15) is 5.26 Å². The van der Waals surface area contributed by atoms with Crippen LogP contribution in [-0.4, -0.2) is 35.6 Å². The number of pyridine rings is 1. The first-order chi connectivity index (χ1) is 9.85. The molecule has 2 aliphatic rings. The normalized spacial score (nSPS) is 24.6. The molecule has 1 aromatic rings. The topological polar surface area (TPSA) is 52.0 Å². The van der Waals surface area contributed by atoms with E-state index in [1.54, 1.807) is 6.20 Å². The molecule has 0 saturated carbocycles. The highest BCUT2D eigenvalue weighted by atomic mass is 15.1. The summed E-state index contributed by atoms with van der Waals surface area (Å²) < 4.78 is 0. The zero-order valence-electron chi connectivity index (χ0n) is 11.9. The Bertz CT molecular complexity index is 479. The predicted octanol–water partition coefficient (Wildman–Crippen LogP) is 1.92. The molecular formula is C16H22N4. The van der Waals surface area contributed by atoms with E-state index in [0.29, 0.717) is 5.69 Å². The molecule has 20 heavy (non-hydrogen) atoms. The molecule has 1 aromatic heterocycles. The van der Waals surface area contributed by atoms with Crippen molar-refractivity contribution in [3.05, 3.63) is 29.6 Å². The van der Waals surface area contributed by atoms with Crippen LogP contribution in [0.1, 0.15) is 36.9 Å². The predicted molar refractivity (Wildman–Crippen MR) is 78.0 cm³/mol. The number of hydrogen-bond acceptors (Lipinski definition) is 4. The Morgan fingerprint density at radius 2 is 2.20 bits per heavy atom. The van der Waals surface area contributed by atoms with Crippen LogP contribution in [0.15, 0.2) is 18.3 Å². The van der Waals surface area contributed by atoms with Crippen molar-refractivity contribution < 1.29 is 0 Å². The standard InChI is InChI=1S/C16H22N4/c17-11-15-10-13(3-7-18-15)12-20-8-4-14(5-9-20)16-2-1-6-19-16/h3,7,10,14,16,19H,1-2,4-6,8-9,12H2. The van der Waals surface area contributed by atoms with E-state index in [-0.39, 0.29) is 0 Å². The highest BCUT2D eigenvalue weighted by Crippen LogP contribution is 2.26. The Kier molecular flexibility index (Phi) is 4.29. The second kappa shape index (κ2) is 6.34. The molecule has 0 bridgehead atoms. The van der Waals surface area contributed by atoms with E-state index in [2.05, 4.69) is 21.3 Å². The van der Waals surface area contributed by atoms with Crippen LogP contribution in [0.2, 0.25) is 0 Å². The van der Waals surface area contributed by atoms with Crippen LogP contribution in [-0.2, 0) is 6.54 Å². The van der Waals surface area contributed by atoms with Crippen molar-refractivity contribution in [3.8, 4) is 6.07 Å². The molecule has 2 saturated heterocycles. The van der Waals surface area contributed by atoms with Gasteiger partial charge in [0.1, 0.15) is 11.8 Å². The molecule has 0 spiro atoms. The number of nitrogens with one attached hydrogen (secondary N) is 1. The molecule has 3 heterocycles. The minimum Gasteiger partial charge on any atom is -0.314 e. The number of piperidine rings is 1. The number of aromatic nitrogens is 1. The van der Waals surface area contributed by atoms with Crippen LogP contribution in [0, 0.1) is 17.2 Å². The SMILES string of the molecule is N#Cc1cc(CN2CCC(C3CCCN3)CC2)ccn1. The molecule has 1 atom stereocenters. The number of hydrogen-bond donors (Lipinski definition) is 1. The van der Waals surface area contributed by atoms with Crippen LogP contribution in [0.25, 0.3) is 0 Å². The lowest BCUT2D eigenvalue weighted by Gasteiger charge is -2.34. The van der Waals surface area contributed by atoms with E-state index >= 15 is 0 Å². The van der Waals surface area contributed by atoms with Crippen molar-refractivity contribution in [3.63, 3.8) is 0 Å². The van der Waals surface area contributed by atoms with Gasteiger partial charge in [0, 0.05) is 18.8 Å². The molecule has 0 aromatic carbocycles. The third kappa shape index (κ3) is 3.17. The summed E-state index contributed by atoms with van der Waals surface area (Å²) in [5.41, 5.74) is 1.72. The molecule has 2 fully saturated rings. The van der Waals surface area contributed by atoms with Crippen molar-refractivity contribution in [1.82, 2.24) is 15.2 Å². The van der Waals surface area contributed by atoms with Crippen molar-refractivity contribution in [1.29, 1.82) is 5.26 Å². The Hall–Kier alpha value is -1.44. The monoisotopic (exact) mass is 270 g/mol. The zero-order chi connectivity index (χ0) is 13.8. The minimum atomic E-state index is 0.521. The maximum Gasteiger partial charge on any atom is 0.140 e. The Labute approximate surface area is 120 Å². The molecular weight excluding hydrogens is 248 g/mol. The maximum absolute atomic E-state index is 8.89. The van der Waals surface area contributed by atoms with Gasteiger partial charge in [0.25, 0.3) is 0 Å². The Morgan fingerprint density at radius 3 is 2.90 bits per heavy atom. The van der Waals surface area contributed by atoms with E-state index in [1.807, 2.05) is 12.1 Å². The molecule has 4 heteroatoms. The fourth-order valence-corrected chi connectivity index (χ4v) is 3.52. The largest absolute Gasteiger partial charge is 0.314 e. The summed E-state index contributed by atoms with van der Waals surface area (Å²) in [5, 5.41) is 12.5. The summed E-state index contributed by atoms with van der Waals surface area (Å²) in [7, 11) is 0. The van der Waals surface area contributed by atoms with E-state index in [9.17, 15) is 0 Å². The van der Waals surface area contributed by atoms with Crippen molar-refractivity contribution in [2.45, 2.75) is 38.3 Å². The van der Waals surface area contributed by atoms with E-state index < -0.39 is 0 Å². The van der Waals surface area contributed by atoms with Crippen LogP contribution in [0.3, 0.4) is 0 Å². The van der Waals surface area contributed by atoms with Gasteiger partial charge < -0.3 is 5.32 Å². The second-order valence-corrected chi connectivity index (χ2v) is 5.98. The van der Waals surface area contributed by atoms with E-state index in [0.717, 1.165) is 18.5 Å². The summed E-state index contributed by atoms with van der Waals surface area (Å²) in [5.74, 6) is 0.862. The lowest BCUT2D eigenvalue weighted by Crippen LogP contribution is -2.40. The quantitative estimate of drug-likeness (QED) is 0.911. The van der Waals surface area contributed by atoms with Gasteiger partial charge in [-0.15, -0.1) is 0 Å². The molecule has 0 radical (unpaired) electrons. The lowest BCUT2D eigenvalue weighted by atomic mass is 9.88. The van der Waals surface area contributed by atoms with Gasteiger partial charge in [0.2, 0.25) is 0 Å². The molecule has 106 valence electrons. The van der Waals surface area contributed by atoms with Crippen LogP contribution in [0.4, 0.5) is 0 Å². The van der Waals surface area contributed by atoms with Gasteiger partial charge >= 0.3 is 0 Å². The highest BCUT2D eigenvalue weighted by Gasteiger charge is 2.28. The van der Waals surface area contributed by atoms with Gasteiger partial charge in [-0.1, -0.05) is 0 Å². The number of nitriles is 1. The average Bonchev–Trinajstić information content (AvgIpc) is 3.02. The maximum atomic E-state index is 8.89. The highest BCUT2D eigenvalue weighted by molar-refractivity contribution is 5.25. The van der Waals surface area contributed by atoms with Gasteiger partial charge in [0.15, 0.2) is 0 Å². The van der Waals surface area contributed by atoms with Crippen molar-refractivity contribution in [2.24, 2.45) is 5.92 Å². The van der Waals surface area contributed by atoms with Crippen LogP contribution >= 0.6 is 0 Å². The number of likely N-dealkylation sites (tertiary alicyclic amines) is 1. The Balaban J connectivity index is 1.52. The van der Waals surface area contributed by atoms with Crippen molar-refractivity contribution in [2.75, 3.05) is 19.6 Å². The molecule has 2 aliphatic heterocycles. The van der Waals surface area contributed by atoms with E-state index in [1.165, 1.54) is 50.9 Å². The van der Waals surface area contributed by atoms with Gasteiger partial charge in [-0.3, -0.25) is 4.90 Å². The fraction of sp³-hybridized carbons (Fsp3) is 0.625. The van der Waals surface area contributed by atoms with Gasteiger partial charge in [0.05, 0.1) is 0 Å². The third-order valence-electron chi connectivity index (χ3n) is 4.64. The first-order valence-corrected chi connectivity index (χ1v) is 7.66. The molecule has 3 rings (SSSR count). The summed E-state index contributed by atoms with van der Waals surface area (Å²) in [6, 6.07) is 6.80. The summed E-state index contributed by atoms with van der Waals surface area (Å²) in [6.45, 7) is 4.50. The van der Waals surface area contributed by atoms with Crippen LogP contribution in [0.5, 0.6) is 0 Å². The molecule has 0 amide bonds. The molecule has 1 unspecified atom stereocenters. The smallest absolute Gasteiger partial charge is 0.140 e. The average molecular weight is 270 g/mol. The molecule has 4 nitrogen and oxygen atoms in total. The lowest BCUT2D eigenvalue weighted by molar-refractivity contribution is 0.157.